The van der Waals surface area contributed by atoms with Gasteiger partial charge in [0.2, 0.25) is 11.8 Å². The molecule has 0 aliphatic carbocycles. The molecular formula is C11H19N3O2. The molecule has 0 aromatic carbocycles. The van der Waals surface area contributed by atoms with Crippen molar-refractivity contribution in [3.8, 4) is 0 Å². The minimum Gasteiger partial charge on any atom is -0.354 e. The van der Waals surface area contributed by atoms with Crippen LogP contribution in [0.25, 0.3) is 0 Å². The van der Waals surface area contributed by atoms with E-state index in [1.54, 1.807) is 0 Å². The van der Waals surface area contributed by atoms with Gasteiger partial charge >= 0.3 is 0 Å². The topological polar surface area (TPSA) is 70.2 Å². The van der Waals surface area contributed by atoms with E-state index in [1.165, 1.54) is 0 Å². The number of hydrogen-bond acceptors (Lipinski definition) is 3. The monoisotopic (exact) mass is 225 g/mol. The fourth-order valence-electron chi connectivity index (χ4n) is 2.26. The summed E-state index contributed by atoms with van der Waals surface area (Å²) in [6.45, 7) is 1.63. The third-order valence-electron chi connectivity index (χ3n) is 3.23. The number of nitrogens with one attached hydrogen (secondary N) is 3. The lowest BCUT2D eigenvalue weighted by Gasteiger charge is -2.27. The molecular weight excluding hydrogens is 206 g/mol. The molecule has 16 heavy (non-hydrogen) atoms. The largest absolute Gasteiger partial charge is 0.354 e. The lowest BCUT2D eigenvalue weighted by Crippen LogP contribution is -2.55. The van der Waals surface area contributed by atoms with Crippen LogP contribution in [0.15, 0.2) is 0 Å². The Morgan fingerprint density at radius 2 is 2.06 bits per heavy atom. The normalized spacial score (nSPS) is 30.6. The van der Waals surface area contributed by atoms with E-state index in [-0.39, 0.29) is 23.9 Å². The first kappa shape index (κ1) is 11.4. The predicted molar refractivity (Wildman–Crippen MR) is 59.8 cm³/mol. The van der Waals surface area contributed by atoms with Crippen LogP contribution in [0.1, 0.15) is 32.1 Å². The van der Waals surface area contributed by atoms with Crippen LogP contribution >= 0.6 is 0 Å². The zero-order valence-corrected chi connectivity index (χ0v) is 9.42. The van der Waals surface area contributed by atoms with E-state index in [9.17, 15) is 9.59 Å². The molecule has 2 aliphatic heterocycles. The molecule has 2 amide bonds. The molecule has 2 rings (SSSR count). The minimum absolute atomic E-state index is 0.0262. The fourth-order valence-corrected chi connectivity index (χ4v) is 2.26. The Morgan fingerprint density at radius 1 is 1.19 bits per heavy atom. The SMILES string of the molecule is O=C(NC1CCCNC1=O)C1CCCCN1. The van der Waals surface area contributed by atoms with Crippen LogP contribution < -0.4 is 16.0 Å². The second kappa shape index (κ2) is 5.30. The van der Waals surface area contributed by atoms with Gasteiger partial charge in [0.15, 0.2) is 0 Å². The minimum atomic E-state index is -0.329. The number of piperidine rings is 2. The molecule has 2 fully saturated rings. The van der Waals surface area contributed by atoms with Crippen molar-refractivity contribution in [3.05, 3.63) is 0 Å². The average Bonchev–Trinajstić information content (AvgIpc) is 2.33. The molecule has 2 saturated heterocycles. The van der Waals surface area contributed by atoms with Gasteiger partial charge in [0, 0.05) is 6.54 Å². The van der Waals surface area contributed by atoms with E-state index in [2.05, 4.69) is 16.0 Å². The van der Waals surface area contributed by atoms with Crippen LogP contribution in [0, 0.1) is 0 Å². The Labute approximate surface area is 95.3 Å². The van der Waals surface area contributed by atoms with Gasteiger partial charge in [-0.25, -0.2) is 0 Å². The molecule has 0 aromatic heterocycles. The zero-order chi connectivity index (χ0) is 11.4. The van der Waals surface area contributed by atoms with E-state index in [4.69, 9.17) is 0 Å². The third-order valence-corrected chi connectivity index (χ3v) is 3.23. The summed E-state index contributed by atoms with van der Waals surface area (Å²) in [5.74, 6) is -0.0721. The highest BCUT2D eigenvalue weighted by Crippen LogP contribution is 2.08. The number of amides is 2. The first-order chi connectivity index (χ1) is 7.77. The standard InChI is InChI=1S/C11H19N3O2/c15-10-9(5-3-7-13-10)14-11(16)8-4-1-2-6-12-8/h8-9,12H,1-7H2,(H,13,15)(H,14,16). The summed E-state index contributed by atoms with van der Waals surface area (Å²) in [6, 6.07) is -0.437. The van der Waals surface area contributed by atoms with Gasteiger partial charge in [-0.3, -0.25) is 9.59 Å². The maximum absolute atomic E-state index is 11.9. The Morgan fingerprint density at radius 3 is 2.75 bits per heavy atom. The summed E-state index contributed by atoms with van der Waals surface area (Å²) >= 11 is 0. The van der Waals surface area contributed by atoms with E-state index >= 15 is 0 Å². The summed E-state index contributed by atoms with van der Waals surface area (Å²) in [5, 5.41) is 8.77. The first-order valence-electron chi connectivity index (χ1n) is 6.09. The maximum atomic E-state index is 11.9. The quantitative estimate of drug-likeness (QED) is 0.594. The number of carbonyl (C=O) groups is 2. The molecule has 0 saturated carbocycles. The summed E-state index contributed by atoms with van der Waals surface area (Å²) in [6.07, 6.45) is 4.79. The van der Waals surface area contributed by atoms with Crippen molar-refractivity contribution in [1.82, 2.24) is 16.0 Å². The highest BCUT2D eigenvalue weighted by molar-refractivity contribution is 5.90. The Kier molecular flexibility index (Phi) is 3.77. The van der Waals surface area contributed by atoms with Gasteiger partial charge < -0.3 is 16.0 Å². The van der Waals surface area contributed by atoms with Crippen molar-refractivity contribution in [1.29, 1.82) is 0 Å². The summed E-state index contributed by atoms with van der Waals surface area (Å²) < 4.78 is 0. The van der Waals surface area contributed by atoms with Gasteiger partial charge in [-0.15, -0.1) is 0 Å². The Bertz CT molecular complexity index is 274. The third kappa shape index (κ3) is 2.72. The molecule has 3 N–H and O–H groups in total. The predicted octanol–water partition coefficient (Wildman–Crippen LogP) is -0.477. The van der Waals surface area contributed by atoms with Crippen molar-refractivity contribution in [2.75, 3.05) is 13.1 Å². The number of hydrogen-bond donors (Lipinski definition) is 3. The van der Waals surface area contributed by atoms with E-state index in [0.717, 1.165) is 45.2 Å². The molecule has 2 unspecified atom stereocenters. The molecule has 5 heteroatoms. The molecule has 0 aromatic rings. The van der Waals surface area contributed by atoms with Crippen molar-refractivity contribution < 1.29 is 9.59 Å². The molecule has 2 aliphatic rings. The summed E-state index contributed by atoms with van der Waals surface area (Å²) in [5.41, 5.74) is 0. The van der Waals surface area contributed by atoms with Gasteiger partial charge in [0.1, 0.15) is 6.04 Å². The smallest absolute Gasteiger partial charge is 0.242 e. The van der Waals surface area contributed by atoms with E-state index < -0.39 is 0 Å². The van der Waals surface area contributed by atoms with Gasteiger partial charge in [-0.05, 0) is 32.2 Å². The first-order valence-corrected chi connectivity index (χ1v) is 6.09. The number of rotatable bonds is 2. The average molecular weight is 225 g/mol. The van der Waals surface area contributed by atoms with Crippen molar-refractivity contribution in [2.45, 2.75) is 44.2 Å². The second-order valence-electron chi connectivity index (χ2n) is 4.50. The van der Waals surface area contributed by atoms with Gasteiger partial charge in [-0.2, -0.15) is 0 Å². The van der Waals surface area contributed by atoms with Crippen LogP contribution in [0.4, 0.5) is 0 Å². The highest BCUT2D eigenvalue weighted by Gasteiger charge is 2.27. The van der Waals surface area contributed by atoms with Crippen LogP contribution in [0.2, 0.25) is 0 Å². The van der Waals surface area contributed by atoms with Crippen molar-refractivity contribution >= 4 is 11.8 Å². The highest BCUT2D eigenvalue weighted by atomic mass is 16.2. The Balaban J connectivity index is 1.83. The van der Waals surface area contributed by atoms with Crippen LogP contribution in [0.3, 0.4) is 0 Å². The summed E-state index contributed by atoms with van der Waals surface area (Å²) in [4.78, 5) is 23.3. The molecule has 0 bridgehead atoms. The van der Waals surface area contributed by atoms with Crippen molar-refractivity contribution in [2.24, 2.45) is 0 Å². The van der Waals surface area contributed by atoms with Crippen molar-refractivity contribution in [3.63, 3.8) is 0 Å². The number of carbonyl (C=O) groups excluding carboxylic acids is 2. The van der Waals surface area contributed by atoms with Crippen LogP contribution in [-0.2, 0) is 9.59 Å². The molecule has 90 valence electrons. The molecule has 2 atom stereocenters. The maximum Gasteiger partial charge on any atom is 0.242 e. The van der Waals surface area contributed by atoms with E-state index in [1.807, 2.05) is 0 Å². The molecule has 2 heterocycles. The van der Waals surface area contributed by atoms with Crippen LogP contribution in [-0.4, -0.2) is 37.0 Å². The second-order valence-corrected chi connectivity index (χ2v) is 4.50. The van der Waals surface area contributed by atoms with E-state index in [0.29, 0.717) is 0 Å². The summed E-state index contributed by atoms with van der Waals surface area (Å²) in [7, 11) is 0. The van der Waals surface area contributed by atoms with Gasteiger partial charge in [0.05, 0.1) is 6.04 Å². The van der Waals surface area contributed by atoms with Crippen LogP contribution in [0.5, 0.6) is 0 Å². The lowest BCUT2D eigenvalue weighted by atomic mass is 10.0. The Hall–Kier alpha value is -1.10. The van der Waals surface area contributed by atoms with Gasteiger partial charge in [-0.1, -0.05) is 6.42 Å². The van der Waals surface area contributed by atoms with Gasteiger partial charge in [0.25, 0.3) is 0 Å². The molecule has 0 spiro atoms. The zero-order valence-electron chi connectivity index (χ0n) is 9.42. The molecule has 0 radical (unpaired) electrons. The molecule has 5 nitrogen and oxygen atoms in total. The lowest BCUT2D eigenvalue weighted by molar-refractivity contribution is -0.131. The fraction of sp³-hybridized carbons (Fsp3) is 0.818.